The van der Waals surface area contributed by atoms with Crippen molar-refractivity contribution >= 4 is 0 Å². The fourth-order valence-corrected chi connectivity index (χ4v) is 2.72. The maximum absolute atomic E-state index is 13.2. The normalized spacial score (nSPS) is 11.4. The Bertz CT molecular complexity index is 1070. The van der Waals surface area contributed by atoms with Gasteiger partial charge in [-0.05, 0) is 38.4 Å². The quantitative estimate of drug-likeness (QED) is 0.269. The van der Waals surface area contributed by atoms with Gasteiger partial charge in [-0.1, -0.05) is 24.3 Å². The van der Waals surface area contributed by atoms with E-state index in [0.29, 0.717) is 11.4 Å². The Balaban J connectivity index is 0.00000256. The molecule has 4 aromatic rings. The van der Waals surface area contributed by atoms with Crippen LogP contribution in [0.25, 0.3) is 11.6 Å². The van der Waals surface area contributed by atoms with E-state index in [4.69, 9.17) is 0 Å². The van der Waals surface area contributed by atoms with Crippen molar-refractivity contribution in [3.63, 3.8) is 0 Å². The van der Waals surface area contributed by atoms with Crippen molar-refractivity contribution < 1.29 is 38.6 Å². The van der Waals surface area contributed by atoms with Gasteiger partial charge in [0.05, 0.1) is 23.3 Å². The SMILES string of the molecule is CC(C)(c1cccc(-n2[c-]c(F)c(F)n2)n1)c1cccc(-n2[c-]c(F)c(F)n2)n1.[Pt+2]. The van der Waals surface area contributed by atoms with Crippen molar-refractivity contribution in [1.29, 1.82) is 0 Å². The summed E-state index contributed by atoms with van der Waals surface area (Å²) in [6, 6.07) is 9.79. The van der Waals surface area contributed by atoms with Gasteiger partial charge in [0.2, 0.25) is 0 Å². The molecule has 0 spiro atoms. The Morgan fingerprint density at radius 3 is 1.47 bits per heavy atom. The minimum absolute atomic E-state index is 0. The van der Waals surface area contributed by atoms with Crippen molar-refractivity contribution in [2.45, 2.75) is 19.3 Å². The number of rotatable bonds is 4. The number of nitrogens with zero attached hydrogens (tertiary/aromatic N) is 6. The van der Waals surface area contributed by atoms with Crippen LogP contribution in [0, 0.1) is 35.9 Å². The molecule has 0 saturated carbocycles. The molecule has 0 fully saturated rings. The average Bonchev–Trinajstić information content (AvgIpc) is 3.23. The number of hydrogen-bond acceptors (Lipinski definition) is 4. The predicted molar refractivity (Wildman–Crippen MR) is 92.4 cm³/mol. The zero-order valence-corrected chi connectivity index (χ0v) is 17.7. The molecule has 6 nitrogen and oxygen atoms in total. The Kier molecular flexibility index (Phi) is 5.89. The molecule has 0 bridgehead atoms. The van der Waals surface area contributed by atoms with Gasteiger partial charge in [0, 0.05) is 16.8 Å². The molecular formula is C19H12F4N6Pt. The Morgan fingerprint density at radius 2 is 1.13 bits per heavy atom. The standard InChI is InChI=1S/C19H12F4N6.Pt/c1-19(2,13-5-3-7-15(24-13)28-9-11(20)17(22)26-28)14-6-4-8-16(25-14)29-10-12(21)18(23)27-29;/h3-8H,1-2H3;/q-2;+2. The van der Waals surface area contributed by atoms with Gasteiger partial charge >= 0.3 is 21.1 Å². The van der Waals surface area contributed by atoms with Gasteiger partial charge in [-0.25, -0.2) is 19.0 Å². The van der Waals surface area contributed by atoms with Crippen LogP contribution in [0.5, 0.6) is 0 Å². The summed E-state index contributed by atoms with van der Waals surface area (Å²) in [5.74, 6) is -4.64. The summed E-state index contributed by atoms with van der Waals surface area (Å²) < 4.78 is 54.7. The molecule has 0 amide bonds. The first-order valence-corrected chi connectivity index (χ1v) is 8.38. The van der Waals surface area contributed by atoms with Crippen LogP contribution >= 0.6 is 0 Å². The first-order chi connectivity index (χ1) is 13.8. The van der Waals surface area contributed by atoms with E-state index >= 15 is 0 Å². The van der Waals surface area contributed by atoms with Crippen molar-refractivity contribution in [1.82, 2.24) is 29.5 Å². The largest absolute Gasteiger partial charge is 2.00 e. The van der Waals surface area contributed by atoms with Crippen molar-refractivity contribution in [3.05, 3.63) is 83.7 Å². The molecule has 0 aromatic carbocycles. The molecular weight excluding hydrogens is 583 g/mol. The van der Waals surface area contributed by atoms with E-state index in [0.717, 1.165) is 9.36 Å². The van der Waals surface area contributed by atoms with E-state index in [1.165, 1.54) is 12.1 Å². The molecule has 0 radical (unpaired) electrons. The fraction of sp³-hybridized carbons (Fsp3) is 0.158. The van der Waals surface area contributed by atoms with Crippen LogP contribution in [-0.4, -0.2) is 29.5 Å². The van der Waals surface area contributed by atoms with Gasteiger partial charge in [-0.2, -0.15) is 0 Å². The zero-order chi connectivity index (χ0) is 20.8. The van der Waals surface area contributed by atoms with E-state index in [-0.39, 0.29) is 32.7 Å². The summed E-state index contributed by atoms with van der Waals surface area (Å²) in [6.07, 6.45) is 4.23. The maximum Gasteiger partial charge on any atom is 2.00 e. The molecule has 0 aliphatic carbocycles. The Labute approximate surface area is 182 Å². The second-order valence-corrected chi connectivity index (χ2v) is 6.64. The smallest absolute Gasteiger partial charge is 0.338 e. The number of pyridine rings is 2. The topological polar surface area (TPSA) is 61.4 Å². The van der Waals surface area contributed by atoms with Crippen molar-refractivity contribution in [2.24, 2.45) is 0 Å². The monoisotopic (exact) mass is 595 g/mol. The van der Waals surface area contributed by atoms with Gasteiger partial charge in [0.1, 0.15) is 0 Å². The molecule has 0 saturated heterocycles. The average molecular weight is 595 g/mol. The second kappa shape index (κ2) is 8.10. The third kappa shape index (κ3) is 3.92. The van der Waals surface area contributed by atoms with Gasteiger partial charge in [0.25, 0.3) is 0 Å². The van der Waals surface area contributed by atoms with Crippen LogP contribution < -0.4 is 0 Å². The van der Waals surface area contributed by atoms with Gasteiger partial charge < -0.3 is 9.36 Å². The van der Waals surface area contributed by atoms with Crippen molar-refractivity contribution in [2.75, 3.05) is 0 Å². The van der Waals surface area contributed by atoms with E-state index in [2.05, 4.69) is 32.6 Å². The molecule has 4 rings (SSSR count). The number of aromatic nitrogens is 6. The van der Waals surface area contributed by atoms with Gasteiger partial charge in [0.15, 0.2) is 11.9 Å². The Hall–Kier alpha value is -2.87. The third-order valence-electron chi connectivity index (χ3n) is 4.33. The fourth-order valence-electron chi connectivity index (χ4n) is 2.72. The zero-order valence-electron chi connectivity index (χ0n) is 15.5. The third-order valence-corrected chi connectivity index (χ3v) is 4.33. The number of halogens is 4. The minimum atomic E-state index is -1.28. The van der Waals surface area contributed by atoms with E-state index in [9.17, 15) is 17.6 Å². The molecule has 156 valence electrons. The Morgan fingerprint density at radius 1 is 0.733 bits per heavy atom. The van der Waals surface area contributed by atoms with Crippen LogP contribution in [-0.2, 0) is 26.5 Å². The molecule has 4 aromatic heterocycles. The van der Waals surface area contributed by atoms with Crippen LogP contribution in [0.3, 0.4) is 0 Å². The summed E-state index contributed by atoms with van der Waals surface area (Å²) in [4.78, 5) is 8.82. The van der Waals surface area contributed by atoms with E-state index in [1.54, 1.807) is 24.3 Å². The summed E-state index contributed by atoms with van der Waals surface area (Å²) in [5.41, 5.74) is 0.262. The minimum Gasteiger partial charge on any atom is -0.338 e. The molecule has 11 heteroatoms. The van der Waals surface area contributed by atoms with Crippen LogP contribution in [0.4, 0.5) is 17.6 Å². The second-order valence-electron chi connectivity index (χ2n) is 6.64. The van der Waals surface area contributed by atoms with E-state index in [1.807, 2.05) is 13.8 Å². The summed E-state index contributed by atoms with van der Waals surface area (Å²) in [7, 11) is 0. The summed E-state index contributed by atoms with van der Waals surface area (Å²) in [6.45, 7) is 3.65. The molecule has 0 aliphatic heterocycles. The van der Waals surface area contributed by atoms with Crippen LogP contribution in [0.2, 0.25) is 0 Å². The van der Waals surface area contributed by atoms with Crippen LogP contribution in [0.1, 0.15) is 25.2 Å². The van der Waals surface area contributed by atoms with Gasteiger partial charge in [-0.15, -0.1) is 0 Å². The van der Waals surface area contributed by atoms with E-state index < -0.39 is 28.9 Å². The summed E-state index contributed by atoms with van der Waals surface area (Å²) >= 11 is 0. The first kappa shape index (κ1) is 21.8. The first-order valence-electron chi connectivity index (χ1n) is 8.38. The van der Waals surface area contributed by atoms with Gasteiger partial charge in [-0.3, -0.25) is 18.7 Å². The molecule has 4 heterocycles. The molecule has 0 N–H and O–H groups in total. The summed E-state index contributed by atoms with van der Waals surface area (Å²) in [5, 5.41) is 6.79. The molecule has 0 aliphatic rings. The van der Waals surface area contributed by atoms with Crippen molar-refractivity contribution in [3.8, 4) is 11.6 Å². The molecule has 0 atom stereocenters. The molecule has 0 unspecified atom stereocenters. The molecule has 30 heavy (non-hydrogen) atoms. The van der Waals surface area contributed by atoms with Crippen LogP contribution in [0.15, 0.2) is 36.4 Å². The predicted octanol–water partition coefficient (Wildman–Crippen LogP) is 3.33. The maximum atomic E-state index is 13.2. The number of hydrogen-bond donors (Lipinski definition) is 0.